The number of carbonyl (C=O) groups excluding carboxylic acids is 2. The van der Waals surface area contributed by atoms with Gasteiger partial charge in [0.25, 0.3) is 5.91 Å². The molecule has 1 amide bonds. The van der Waals surface area contributed by atoms with Crippen molar-refractivity contribution >= 4 is 17.6 Å². The third-order valence-corrected chi connectivity index (χ3v) is 3.11. The van der Waals surface area contributed by atoms with Gasteiger partial charge in [-0.2, -0.15) is 5.26 Å². The quantitative estimate of drug-likeness (QED) is 0.861. The van der Waals surface area contributed by atoms with E-state index in [1.807, 2.05) is 13.0 Å². The summed E-state index contributed by atoms with van der Waals surface area (Å²) in [5, 5.41) is 11.2. The predicted octanol–water partition coefficient (Wildman–Crippen LogP) is 2.86. The summed E-state index contributed by atoms with van der Waals surface area (Å²) in [5.41, 5.74) is 2.82. The Balaban J connectivity index is 1.85. The van der Waals surface area contributed by atoms with E-state index in [2.05, 4.69) is 11.4 Å². The van der Waals surface area contributed by atoms with Crippen LogP contribution in [0.15, 0.2) is 48.5 Å². The molecule has 2 aromatic carbocycles. The first kappa shape index (κ1) is 16.2. The molecule has 0 spiro atoms. The summed E-state index contributed by atoms with van der Waals surface area (Å²) in [4.78, 5) is 23.6. The highest BCUT2D eigenvalue weighted by molar-refractivity contribution is 5.95. The first-order chi connectivity index (χ1) is 11.1. The number of hydrogen-bond donors (Lipinski definition) is 1. The van der Waals surface area contributed by atoms with Gasteiger partial charge in [0.2, 0.25) is 0 Å². The zero-order chi connectivity index (χ0) is 16.7. The van der Waals surface area contributed by atoms with E-state index in [1.165, 1.54) is 0 Å². The third kappa shape index (κ3) is 4.97. The molecule has 0 heterocycles. The Hall–Kier alpha value is -3.13. The van der Waals surface area contributed by atoms with E-state index in [0.717, 1.165) is 11.1 Å². The van der Waals surface area contributed by atoms with Gasteiger partial charge < -0.3 is 10.1 Å². The summed E-state index contributed by atoms with van der Waals surface area (Å²) in [7, 11) is 0. The van der Waals surface area contributed by atoms with E-state index in [9.17, 15) is 9.59 Å². The van der Waals surface area contributed by atoms with Crippen molar-refractivity contribution in [1.29, 1.82) is 5.26 Å². The van der Waals surface area contributed by atoms with E-state index in [4.69, 9.17) is 10.00 Å². The van der Waals surface area contributed by atoms with Crippen molar-refractivity contribution in [1.82, 2.24) is 0 Å². The van der Waals surface area contributed by atoms with Crippen molar-refractivity contribution in [3.05, 3.63) is 65.2 Å². The van der Waals surface area contributed by atoms with Crippen molar-refractivity contribution in [3.63, 3.8) is 0 Å². The highest BCUT2D eigenvalue weighted by Crippen LogP contribution is 2.10. The Kier molecular flexibility index (Phi) is 5.48. The second kappa shape index (κ2) is 7.76. The van der Waals surface area contributed by atoms with Gasteiger partial charge in [-0.15, -0.1) is 0 Å². The van der Waals surface area contributed by atoms with Crippen molar-refractivity contribution in [2.75, 3.05) is 11.9 Å². The fourth-order valence-corrected chi connectivity index (χ4v) is 1.98. The fourth-order valence-electron chi connectivity index (χ4n) is 1.98. The number of nitrogens with one attached hydrogen (secondary N) is 1. The number of nitriles is 1. The number of aryl methyl sites for hydroxylation is 1. The average molecular weight is 308 g/mol. The number of amides is 1. The molecule has 0 aliphatic carbocycles. The number of anilines is 1. The molecule has 5 nitrogen and oxygen atoms in total. The largest absolute Gasteiger partial charge is 0.452 e. The van der Waals surface area contributed by atoms with Crippen LogP contribution in [0.5, 0.6) is 0 Å². The monoisotopic (exact) mass is 308 g/mol. The van der Waals surface area contributed by atoms with Crippen molar-refractivity contribution in [3.8, 4) is 6.07 Å². The highest BCUT2D eigenvalue weighted by atomic mass is 16.5. The smallest absolute Gasteiger partial charge is 0.338 e. The lowest BCUT2D eigenvalue weighted by Crippen LogP contribution is -2.20. The second-order valence-electron chi connectivity index (χ2n) is 5.03. The van der Waals surface area contributed by atoms with E-state index < -0.39 is 11.9 Å². The number of esters is 1. The summed E-state index contributed by atoms with van der Waals surface area (Å²) in [6.45, 7) is 1.52. The molecule has 0 aromatic heterocycles. The lowest BCUT2D eigenvalue weighted by molar-refractivity contribution is -0.119. The maximum absolute atomic E-state index is 11.8. The molecule has 0 atom stereocenters. The lowest BCUT2D eigenvalue weighted by atomic mass is 10.1. The SMILES string of the molecule is Cc1cccc(C(=O)OCC(=O)Nc2ccc(CC#N)cc2)c1. The molecule has 2 rings (SSSR count). The van der Waals surface area contributed by atoms with Crippen LogP contribution in [-0.2, 0) is 16.0 Å². The van der Waals surface area contributed by atoms with Gasteiger partial charge in [0.1, 0.15) is 0 Å². The molecule has 0 aliphatic heterocycles. The normalized spacial score (nSPS) is 9.74. The van der Waals surface area contributed by atoms with E-state index in [-0.39, 0.29) is 6.61 Å². The van der Waals surface area contributed by atoms with Crippen molar-refractivity contribution in [2.24, 2.45) is 0 Å². The minimum absolute atomic E-state index is 0.322. The highest BCUT2D eigenvalue weighted by Gasteiger charge is 2.10. The van der Waals surface area contributed by atoms with Crippen LogP contribution in [0.25, 0.3) is 0 Å². The molecular weight excluding hydrogens is 292 g/mol. The second-order valence-corrected chi connectivity index (χ2v) is 5.03. The molecule has 0 aliphatic rings. The summed E-state index contributed by atoms with van der Waals surface area (Å²) in [6, 6.07) is 16.0. The molecule has 0 radical (unpaired) electrons. The number of benzene rings is 2. The molecule has 0 saturated carbocycles. The number of rotatable bonds is 5. The number of ether oxygens (including phenoxy) is 1. The van der Waals surface area contributed by atoms with E-state index in [0.29, 0.717) is 17.7 Å². The van der Waals surface area contributed by atoms with Gasteiger partial charge in [-0.3, -0.25) is 4.79 Å². The standard InChI is InChI=1S/C18H16N2O3/c1-13-3-2-4-15(11-13)18(22)23-12-17(21)20-16-7-5-14(6-8-16)9-10-19/h2-8,11H,9,12H2,1H3,(H,20,21). The Morgan fingerprint density at radius 1 is 1.17 bits per heavy atom. The third-order valence-electron chi connectivity index (χ3n) is 3.11. The molecule has 23 heavy (non-hydrogen) atoms. The molecule has 116 valence electrons. The average Bonchev–Trinajstić information content (AvgIpc) is 2.55. The molecule has 1 N–H and O–H groups in total. The van der Waals surface area contributed by atoms with Gasteiger partial charge in [0, 0.05) is 5.69 Å². The summed E-state index contributed by atoms with van der Waals surface area (Å²) in [6.07, 6.45) is 0.322. The number of nitrogens with zero attached hydrogens (tertiary/aromatic N) is 1. The minimum Gasteiger partial charge on any atom is -0.452 e. The first-order valence-electron chi connectivity index (χ1n) is 7.08. The maximum Gasteiger partial charge on any atom is 0.338 e. The van der Waals surface area contributed by atoms with Crippen molar-refractivity contribution < 1.29 is 14.3 Å². The van der Waals surface area contributed by atoms with Gasteiger partial charge in [0.15, 0.2) is 6.61 Å². The Morgan fingerprint density at radius 2 is 1.91 bits per heavy atom. The molecule has 5 heteroatoms. The predicted molar refractivity (Wildman–Crippen MR) is 85.9 cm³/mol. The Morgan fingerprint density at radius 3 is 2.57 bits per heavy atom. The molecule has 0 fully saturated rings. The van der Waals surface area contributed by atoms with Gasteiger partial charge in [-0.05, 0) is 36.8 Å². The molecule has 0 bridgehead atoms. The van der Waals surface area contributed by atoms with Crippen LogP contribution in [0.4, 0.5) is 5.69 Å². The van der Waals surface area contributed by atoms with Gasteiger partial charge in [-0.25, -0.2) is 4.79 Å². The summed E-state index contributed by atoms with van der Waals surface area (Å²) in [5.74, 6) is -0.952. The molecule has 0 saturated heterocycles. The topological polar surface area (TPSA) is 79.2 Å². The maximum atomic E-state index is 11.8. The van der Waals surface area contributed by atoms with Crippen molar-refractivity contribution in [2.45, 2.75) is 13.3 Å². The van der Waals surface area contributed by atoms with Crippen LogP contribution in [0.3, 0.4) is 0 Å². The number of hydrogen-bond acceptors (Lipinski definition) is 4. The molecule has 2 aromatic rings. The minimum atomic E-state index is -0.534. The van der Waals surface area contributed by atoms with Crippen LogP contribution in [0.2, 0.25) is 0 Å². The molecule has 0 unspecified atom stereocenters. The Bertz CT molecular complexity index is 746. The summed E-state index contributed by atoms with van der Waals surface area (Å²) >= 11 is 0. The van der Waals surface area contributed by atoms with Crippen LogP contribution >= 0.6 is 0 Å². The number of carbonyl (C=O) groups is 2. The van der Waals surface area contributed by atoms with Gasteiger partial charge in [0.05, 0.1) is 18.1 Å². The first-order valence-corrected chi connectivity index (χ1v) is 7.08. The zero-order valence-corrected chi connectivity index (χ0v) is 12.7. The van der Waals surface area contributed by atoms with Gasteiger partial charge >= 0.3 is 5.97 Å². The zero-order valence-electron chi connectivity index (χ0n) is 12.7. The van der Waals surface area contributed by atoms with E-state index >= 15 is 0 Å². The summed E-state index contributed by atoms with van der Waals surface area (Å²) < 4.78 is 4.99. The molecular formula is C18H16N2O3. The van der Waals surface area contributed by atoms with Crippen LogP contribution in [0, 0.1) is 18.3 Å². The van der Waals surface area contributed by atoms with Crippen LogP contribution in [0.1, 0.15) is 21.5 Å². The fraction of sp³-hybridized carbons (Fsp3) is 0.167. The Labute approximate surface area is 134 Å². The van der Waals surface area contributed by atoms with E-state index in [1.54, 1.807) is 42.5 Å². The lowest BCUT2D eigenvalue weighted by Gasteiger charge is -2.07. The van der Waals surface area contributed by atoms with Crippen LogP contribution < -0.4 is 5.32 Å². The van der Waals surface area contributed by atoms with Crippen LogP contribution in [-0.4, -0.2) is 18.5 Å². The van der Waals surface area contributed by atoms with Gasteiger partial charge in [-0.1, -0.05) is 29.8 Å².